The van der Waals surface area contributed by atoms with E-state index in [-0.39, 0.29) is 35.5 Å². The Labute approximate surface area is 220 Å². The fourth-order valence-electron chi connectivity index (χ4n) is 7.23. The van der Waals surface area contributed by atoms with Crippen LogP contribution in [0.15, 0.2) is 18.2 Å². The molecule has 1 N–H and O–H groups in total. The van der Waals surface area contributed by atoms with Crippen LogP contribution in [0.25, 0.3) is 0 Å². The highest BCUT2D eigenvalue weighted by atomic mass is 16.5. The number of fused-ring (bicyclic) bond motifs is 2. The lowest BCUT2D eigenvalue weighted by Crippen LogP contribution is -2.53. The number of carbonyl (C=O) groups excluding carboxylic acids is 3. The first kappa shape index (κ1) is 25.1. The molecule has 0 bridgehead atoms. The van der Waals surface area contributed by atoms with Crippen molar-refractivity contribution in [2.75, 3.05) is 19.6 Å². The fraction of sp³-hybridized carbons (Fsp3) is 0.700. The van der Waals surface area contributed by atoms with Crippen LogP contribution in [0.4, 0.5) is 0 Å². The predicted octanol–water partition coefficient (Wildman–Crippen LogP) is 3.83. The van der Waals surface area contributed by atoms with Gasteiger partial charge in [0.05, 0.1) is 11.6 Å². The lowest BCUT2D eigenvalue weighted by molar-refractivity contribution is -0.125. The highest BCUT2D eigenvalue weighted by molar-refractivity contribution is 6.04. The molecule has 4 fully saturated rings. The summed E-state index contributed by atoms with van der Waals surface area (Å²) in [5.41, 5.74) is 1.36. The Bertz CT molecular complexity index is 1070. The lowest BCUT2D eigenvalue weighted by Gasteiger charge is -2.46. The van der Waals surface area contributed by atoms with Gasteiger partial charge in [-0.05, 0) is 82.7 Å². The number of rotatable bonds is 7. The minimum Gasteiger partial charge on any atom is -0.490 e. The van der Waals surface area contributed by atoms with E-state index in [1.807, 2.05) is 17.0 Å². The zero-order valence-electron chi connectivity index (χ0n) is 22.3. The van der Waals surface area contributed by atoms with Gasteiger partial charge in [-0.3, -0.25) is 19.3 Å². The van der Waals surface area contributed by atoms with E-state index in [9.17, 15) is 14.4 Å². The summed E-state index contributed by atoms with van der Waals surface area (Å²) < 4.78 is 6.38. The van der Waals surface area contributed by atoms with Crippen LogP contribution in [0, 0.1) is 5.92 Å². The maximum atomic E-state index is 13.6. The van der Waals surface area contributed by atoms with E-state index in [1.54, 1.807) is 0 Å². The van der Waals surface area contributed by atoms with Gasteiger partial charge in [-0.25, -0.2) is 0 Å². The van der Waals surface area contributed by atoms with E-state index in [1.165, 1.54) is 19.4 Å². The van der Waals surface area contributed by atoms with Crippen molar-refractivity contribution in [2.45, 2.75) is 108 Å². The van der Waals surface area contributed by atoms with Crippen LogP contribution in [0.1, 0.15) is 94.0 Å². The van der Waals surface area contributed by atoms with Gasteiger partial charge in [0.1, 0.15) is 17.6 Å². The van der Waals surface area contributed by atoms with Crippen molar-refractivity contribution >= 4 is 17.5 Å². The lowest BCUT2D eigenvalue weighted by atomic mass is 9.85. The fourth-order valence-corrected chi connectivity index (χ4v) is 7.23. The number of carbonyl (C=O) groups is 3. The molecule has 0 radical (unpaired) electrons. The third-order valence-electron chi connectivity index (χ3n) is 9.59. The van der Waals surface area contributed by atoms with Crippen LogP contribution in [0.2, 0.25) is 0 Å². The van der Waals surface area contributed by atoms with Crippen molar-refractivity contribution in [3.8, 4) is 5.75 Å². The number of nitrogens with one attached hydrogen (secondary N) is 1. The Morgan fingerprint density at radius 3 is 2.51 bits per heavy atom. The van der Waals surface area contributed by atoms with Crippen molar-refractivity contribution < 1.29 is 19.1 Å². The van der Waals surface area contributed by atoms with E-state index in [0.717, 1.165) is 56.0 Å². The number of hydrogen-bond donors (Lipinski definition) is 1. The molecule has 1 aromatic rings. The Hall–Kier alpha value is -2.25. The van der Waals surface area contributed by atoms with Crippen molar-refractivity contribution in [2.24, 2.45) is 5.92 Å². The Morgan fingerprint density at radius 1 is 1.05 bits per heavy atom. The molecule has 3 aliphatic carbocycles. The maximum absolute atomic E-state index is 13.6. The highest BCUT2D eigenvalue weighted by Gasteiger charge is 2.60. The molecule has 1 saturated heterocycles. The number of hydrogen-bond acceptors (Lipinski definition) is 6. The van der Waals surface area contributed by atoms with Gasteiger partial charge in [0.2, 0.25) is 0 Å². The van der Waals surface area contributed by atoms with Crippen molar-refractivity contribution in [1.82, 2.24) is 15.1 Å². The van der Waals surface area contributed by atoms with Crippen molar-refractivity contribution in [3.63, 3.8) is 0 Å². The molecule has 6 rings (SSSR count). The normalized spacial score (nSPS) is 29.6. The Morgan fingerprint density at radius 2 is 1.81 bits per heavy atom. The summed E-state index contributed by atoms with van der Waals surface area (Å²) in [5, 5.41) is 3.47. The summed E-state index contributed by atoms with van der Waals surface area (Å²) in [7, 11) is 0. The summed E-state index contributed by atoms with van der Waals surface area (Å²) in [6.45, 7) is 8.05. The smallest absolute Gasteiger partial charge is 0.255 e. The molecule has 200 valence electrons. The molecule has 2 heterocycles. The van der Waals surface area contributed by atoms with Crippen LogP contribution in [-0.4, -0.2) is 71.1 Å². The van der Waals surface area contributed by atoms with Gasteiger partial charge in [0, 0.05) is 56.3 Å². The number of Topliss-reactive ketones (excluding diaryl/α,β-unsaturated/α-hetero) is 2. The third-order valence-corrected chi connectivity index (χ3v) is 9.59. The van der Waals surface area contributed by atoms with E-state index >= 15 is 0 Å². The molecule has 1 spiro atoms. The standard InChI is InChI=1S/C30H41N3O4/c1-19(2)32(18-20-9-13-31-14-10-20)21-15-24(16-21)37-23-5-6-26-25(17-23)29(36)33(30(26)11-12-30)27-7-3-22(34)4-8-28(27)35/h5-6,17,19-21,24,27,31H,3-4,7-16,18H2,1-2H3/t21-,24-,27?. The first-order chi connectivity index (χ1) is 17.9. The average Bonchev–Trinajstić information content (AvgIpc) is 3.64. The van der Waals surface area contributed by atoms with E-state index in [4.69, 9.17) is 4.74 Å². The number of nitrogens with zero attached hydrogens (tertiary/aromatic N) is 2. The molecular formula is C30H41N3O4. The SMILES string of the molecule is CC(C)N(CC1CCNCC1)[C@H]1C[C@H](Oc2ccc3c(c2)C(=O)N(C2CCC(=O)CCC2=O)C32CC2)C1. The molecule has 1 unspecified atom stereocenters. The molecule has 1 aromatic carbocycles. The number of amides is 1. The van der Waals surface area contributed by atoms with Crippen molar-refractivity contribution in [3.05, 3.63) is 29.3 Å². The van der Waals surface area contributed by atoms with Crippen LogP contribution in [0.5, 0.6) is 5.75 Å². The van der Waals surface area contributed by atoms with E-state index in [2.05, 4.69) is 30.1 Å². The summed E-state index contributed by atoms with van der Waals surface area (Å²) in [6, 6.07) is 6.58. The topological polar surface area (TPSA) is 79.0 Å². The molecule has 5 aliphatic rings. The van der Waals surface area contributed by atoms with Gasteiger partial charge in [-0.2, -0.15) is 0 Å². The largest absolute Gasteiger partial charge is 0.490 e. The minimum absolute atomic E-state index is 0.0365. The molecule has 1 atom stereocenters. The number of piperidine rings is 1. The molecule has 2 aliphatic heterocycles. The summed E-state index contributed by atoms with van der Waals surface area (Å²) >= 11 is 0. The Kier molecular flexibility index (Phi) is 6.64. The van der Waals surface area contributed by atoms with Gasteiger partial charge in [0.15, 0.2) is 5.78 Å². The van der Waals surface area contributed by atoms with Crippen LogP contribution in [-0.2, 0) is 15.1 Å². The predicted molar refractivity (Wildman–Crippen MR) is 141 cm³/mol. The van der Waals surface area contributed by atoms with E-state index < -0.39 is 6.04 Å². The molecular weight excluding hydrogens is 466 g/mol. The minimum atomic E-state index is -0.479. The van der Waals surface area contributed by atoms with Gasteiger partial charge >= 0.3 is 0 Å². The Balaban J connectivity index is 1.11. The van der Waals surface area contributed by atoms with Gasteiger partial charge in [-0.1, -0.05) is 6.07 Å². The molecule has 37 heavy (non-hydrogen) atoms. The third kappa shape index (κ3) is 4.63. The first-order valence-electron chi connectivity index (χ1n) is 14.5. The maximum Gasteiger partial charge on any atom is 0.255 e. The van der Waals surface area contributed by atoms with E-state index in [0.29, 0.717) is 36.9 Å². The number of ether oxygens (including phenoxy) is 1. The second-order valence-electron chi connectivity index (χ2n) is 12.3. The average molecular weight is 508 g/mol. The summed E-state index contributed by atoms with van der Waals surface area (Å²) in [6.07, 6.45) is 7.92. The first-order valence-corrected chi connectivity index (χ1v) is 14.5. The number of ketones is 2. The zero-order valence-corrected chi connectivity index (χ0v) is 22.3. The van der Waals surface area contributed by atoms with Crippen LogP contribution >= 0.6 is 0 Å². The van der Waals surface area contributed by atoms with Crippen LogP contribution in [0.3, 0.4) is 0 Å². The van der Waals surface area contributed by atoms with Crippen LogP contribution < -0.4 is 10.1 Å². The molecule has 3 saturated carbocycles. The van der Waals surface area contributed by atoms with Gasteiger partial charge < -0.3 is 15.0 Å². The molecule has 1 amide bonds. The quantitative estimate of drug-likeness (QED) is 0.565. The second kappa shape index (κ2) is 9.81. The second-order valence-corrected chi connectivity index (χ2v) is 12.3. The summed E-state index contributed by atoms with van der Waals surface area (Å²) in [5.74, 6) is 1.64. The molecule has 7 heteroatoms. The molecule has 0 aromatic heterocycles. The van der Waals surface area contributed by atoms with Gasteiger partial charge in [-0.15, -0.1) is 0 Å². The molecule has 7 nitrogen and oxygen atoms in total. The van der Waals surface area contributed by atoms with Crippen molar-refractivity contribution in [1.29, 1.82) is 0 Å². The monoisotopic (exact) mass is 507 g/mol. The van der Waals surface area contributed by atoms with Gasteiger partial charge in [0.25, 0.3) is 5.91 Å². The zero-order chi connectivity index (χ0) is 25.7. The number of benzene rings is 1. The summed E-state index contributed by atoms with van der Waals surface area (Å²) in [4.78, 5) is 43.0. The highest BCUT2D eigenvalue weighted by Crippen LogP contribution is 2.58.